The van der Waals surface area contributed by atoms with E-state index in [9.17, 15) is 28.4 Å². The Bertz CT molecular complexity index is 2340. The van der Waals surface area contributed by atoms with Gasteiger partial charge in [-0.25, -0.2) is 13.9 Å². The van der Waals surface area contributed by atoms with E-state index in [-0.39, 0.29) is 49.6 Å². The van der Waals surface area contributed by atoms with Gasteiger partial charge in [-0.3, -0.25) is 38.9 Å². The number of carbonyl (C=O) groups is 5. The van der Waals surface area contributed by atoms with Crippen LogP contribution in [0.2, 0.25) is 0 Å². The quantitative estimate of drug-likeness (QED) is 0.0797. The van der Waals surface area contributed by atoms with Gasteiger partial charge in [0.1, 0.15) is 23.5 Å². The first kappa shape index (κ1) is 36.7. The summed E-state index contributed by atoms with van der Waals surface area (Å²) in [7, 11) is 0. The Hall–Kier alpha value is -6.27. The van der Waals surface area contributed by atoms with Gasteiger partial charge in [0.05, 0.1) is 54.9 Å². The third-order valence-corrected chi connectivity index (χ3v) is 9.77. The van der Waals surface area contributed by atoms with Gasteiger partial charge in [0.2, 0.25) is 11.8 Å². The Balaban J connectivity index is 0.779. The van der Waals surface area contributed by atoms with E-state index in [0.29, 0.717) is 71.4 Å². The van der Waals surface area contributed by atoms with Gasteiger partial charge in [-0.05, 0) is 55.5 Å². The van der Waals surface area contributed by atoms with Crippen LogP contribution in [0, 0.1) is 5.92 Å². The van der Waals surface area contributed by atoms with E-state index >= 15 is 0 Å². The molecule has 3 aromatic heterocycles. The molecule has 56 heavy (non-hydrogen) atoms. The number of alkyl halides is 1. The fourth-order valence-corrected chi connectivity index (χ4v) is 6.70. The Labute approximate surface area is 318 Å². The number of fused-ring (bicyclic) bond motifs is 3. The molecular weight excluding hydrogens is 727 g/mol. The number of carbonyl (C=O) groups excluding carboxylic acids is 5. The van der Waals surface area contributed by atoms with Crippen molar-refractivity contribution in [2.24, 2.45) is 5.92 Å². The molecule has 0 bridgehead atoms. The van der Waals surface area contributed by atoms with Crippen LogP contribution in [0.25, 0.3) is 16.6 Å². The topological polar surface area (TPSA) is 203 Å². The van der Waals surface area contributed by atoms with Crippen LogP contribution in [-0.4, -0.2) is 110 Å². The number of anilines is 2. The van der Waals surface area contributed by atoms with Gasteiger partial charge in [-0.15, -0.1) is 0 Å². The highest BCUT2D eigenvalue weighted by molar-refractivity contribution is 6.23. The maximum Gasteiger partial charge on any atom is 0.262 e. The number of ether oxygens (including phenoxy) is 2. The van der Waals surface area contributed by atoms with Crippen molar-refractivity contribution in [2.45, 2.75) is 44.4 Å². The number of imide groups is 2. The van der Waals surface area contributed by atoms with Crippen LogP contribution in [0.4, 0.5) is 15.8 Å². The summed E-state index contributed by atoms with van der Waals surface area (Å²) in [6.07, 6.45) is 7.52. The van der Waals surface area contributed by atoms with Gasteiger partial charge in [0, 0.05) is 61.8 Å². The predicted octanol–water partition coefficient (Wildman–Crippen LogP) is 2.58. The van der Waals surface area contributed by atoms with Gasteiger partial charge < -0.3 is 25.4 Å². The fourth-order valence-electron chi connectivity index (χ4n) is 6.70. The molecule has 5 amide bonds. The van der Waals surface area contributed by atoms with Crippen LogP contribution in [-0.2, 0) is 20.9 Å². The summed E-state index contributed by atoms with van der Waals surface area (Å²) in [5, 5.41) is 21.0. The molecule has 2 atom stereocenters. The lowest BCUT2D eigenvalue weighted by molar-refractivity contribution is -0.136. The van der Waals surface area contributed by atoms with Crippen molar-refractivity contribution in [3.05, 3.63) is 77.9 Å². The number of hydrogen-bond donors (Lipinski definition) is 4. The van der Waals surface area contributed by atoms with Gasteiger partial charge in [0.15, 0.2) is 5.65 Å². The van der Waals surface area contributed by atoms with E-state index in [4.69, 9.17) is 9.47 Å². The molecule has 2 aromatic carbocycles. The summed E-state index contributed by atoms with van der Waals surface area (Å²) in [5.74, 6) is -1.62. The van der Waals surface area contributed by atoms with Crippen molar-refractivity contribution in [3.63, 3.8) is 0 Å². The zero-order valence-electron chi connectivity index (χ0n) is 30.2. The molecule has 0 radical (unpaired) electrons. The molecule has 0 spiro atoms. The Morgan fingerprint density at radius 3 is 2.73 bits per heavy atom. The van der Waals surface area contributed by atoms with Crippen molar-refractivity contribution < 1.29 is 37.8 Å². The molecule has 1 saturated heterocycles. The summed E-state index contributed by atoms with van der Waals surface area (Å²) >= 11 is 0. The average molecular weight is 767 g/mol. The van der Waals surface area contributed by atoms with Crippen molar-refractivity contribution >= 4 is 57.5 Å². The van der Waals surface area contributed by atoms with Gasteiger partial charge >= 0.3 is 0 Å². The van der Waals surface area contributed by atoms with Crippen LogP contribution in [0.15, 0.2) is 61.2 Å². The highest BCUT2D eigenvalue weighted by atomic mass is 19.1. The number of halogens is 1. The monoisotopic (exact) mass is 766 g/mol. The van der Waals surface area contributed by atoms with E-state index in [1.165, 1.54) is 15.4 Å². The highest BCUT2D eigenvalue weighted by Crippen LogP contribution is 2.35. The van der Waals surface area contributed by atoms with Crippen LogP contribution in [0.5, 0.6) is 5.75 Å². The molecule has 2 fully saturated rings. The normalized spacial score (nSPS) is 17.4. The molecule has 1 aliphatic carbocycles. The van der Waals surface area contributed by atoms with E-state index in [0.717, 1.165) is 17.7 Å². The summed E-state index contributed by atoms with van der Waals surface area (Å²) in [6, 6.07) is 9.05. The van der Waals surface area contributed by atoms with Gasteiger partial charge in [-0.2, -0.15) is 10.2 Å². The maximum absolute atomic E-state index is 15.0. The molecule has 17 nitrogen and oxygen atoms in total. The lowest BCUT2D eigenvalue weighted by atomic mass is 10.0. The average Bonchev–Trinajstić information content (AvgIpc) is 3.70. The van der Waals surface area contributed by atoms with Crippen LogP contribution < -0.4 is 26.0 Å². The number of benzene rings is 2. The SMILES string of the molecule is O=C1CCC(N2C(=O)c3ccc(NCCNCCOC[C@H](F)Cn4cc5cc(NC(=O)c6cnn7cccnc67)c(OCC6CC6)cc5n4)cc3C2=O)C(=O)N1. The second-order valence-corrected chi connectivity index (χ2v) is 14.0. The molecule has 290 valence electrons. The minimum Gasteiger partial charge on any atom is -0.491 e. The summed E-state index contributed by atoms with van der Waals surface area (Å²) < 4.78 is 29.7. The van der Waals surface area contributed by atoms with E-state index in [2.05, 4.69) is 36.4 Å². The Morgan fingerprint density at radius 2 is 1.89 bits per heavy atom. The van der Waals surface area contributed by atoms with E-state index in [1.807, 2.05) is 0 Å². The molecule has 18 heteroatoms. The van der Waals surface area contributed by atoms with Crippen molar-refractivity contribution in [3.8, 4) is 5.75 Å². The standard InChI is InChI=1S/C38H39FN10O7/c39-24(21-55-13-11-40-9-10-41-25-4-5-26-27(15-25)38(54)49(37(26)53)31-6-7-33(50)45-36(31)52)19-47-18-23-14-30(32(16-29(23)46-47)56-20-22-2-3-22)44-35(51)28-17-43-48-12-1-8-42-34(28)48/h1,4-5,8,12,14-18,22,24,31,40-41H,2-3,6-7,9-11,13,19-21H2,(H,44,51)(H,45,50,52)/t24-,31?/m1/s1. The van der Waals surface area contributed by atoms with Crippen LogP contribution >= 0.6 is 0 Å². The van der Waals surface area contributed by atoms with Crippen molar-refractivity contribution in [1.82, 2.24) is 39.9 Å². The summed E-state index contributed by atoms with van der Waals surface area (Å²) in [6.45, 7) is 2.16. The second kappa shape index (κ2) is 15.8. The smallest absolute Gasteiger partial charge is 0.262 e. The Morgan fingerprint density at radius 1 is 1.04 bits per heavy atom. The Kier molecular flexibility index (Phi) is 10.4. The van der Waals surface area contributed by atoms with Gasteiger partial charge in [-0.1, -0.05) is 0 Å². The third kappa shape index (κ3) is 7.92. The molecule has 5 heterocycles. The maximum atomic E-state index is 15.0. The second-order valence-electron chi connectivity index (χ2n) is 14.0. The minimum absolute atomic E-state index is 0.0276. The first-order valence-electron chi connectivity index (χ1n) is 18.5. The number of piperidine rings is 1. The zero-order chi connectivity index (χ0) is 38.8. The molecule has 5 aromatic rings. The number of rotatable bonds is 17. The summed E-state index contributed by atoms with van der Waals surface area (Å²) in [5.41, 5.74) is 2.86. The lowest BCUT2D eigenvalue weighted by Crippen LogP contribution is -2.54. The fraction of sp³-hybridized carbons (Fsp3) is 0.368. The van der Waals surface area contributed by atoms with Crippen LogP contribution in [0.1, 0.15) is 56.8 Å². The predicted molar refractivity (Wildman–Crippen MR) is 199 cm³/mol. The zero-order valence-corrected chi connectivity index (χ0v) is 30.2. The third-order valence-electron chi connectivity index (χ3n) is 9.77. The van der Waals surface area contributed by atoms with Crippen molar-refractivity contribution in [2.75, 3.05) is 50.1 Å². The summed E-state index contributed by atoms with van der Waals surface area (Å²) in [4.78, 5) is 68.2. The number of hydrogen-bond acceptors (Lipinski definition) is 12. The van der Waals surface area contributed by atoms with Crippen molar-refractivity contribution in [1.29, 1.82) is 0 Å². The molecule has 4 N–H and O–H groups in total. The molecule has 1 saturated carbocycles. The van der Waals surface area contributed by atoms with E-state index in [1.54, 1.807) is 55.0 Å². The largest absolute Gasteiger partial charge is 0.491 e. The number of nitrogens with zero attached hydrogens (tertiary/aromatic N) is 6. The van der Waals surface area contributed by atoms with Gasteiger partial charge in [0.25, 0.3) is 17.7 Å². The number of aromatic nitrogens is 5. The van der Waals surface area contributed by atoms with E-state index < -0.39 is 35.8 Å². The number of nitrogens with one attached hydrogen (secondary N) is 4. The molecule has 1 unspecified atom stereocenters. The minimum atomic E-state index is -1.32. The molecule has 8 rings (SSSR count). The lowest BCUT2D eigenvalue weighted by Gasteiger charge is -2.27. The first-order chi connectivity index (χ1) is 27.2. The van der Waals surface area contributed by atoms with Crippen LogP contribution in [0.3, 0.4) is 0 Å². The molecule has 2 aliphatic heterocycles. The highest BCUT2D eigenvalue weighted by Gasteiger charge is 2.44. The molecular formula is C38H39FN10O7. The first-order valence-corrected chi connectivity index (χ1v) is 18.5. The number of amides is 5. The molecule has 3 aliphatic rings.